The van der Waals surface area contributed by atoms with Crippen molar-refractivity contribution in [1.82, 2.24) is 14.5 Å². The smallest absolute Gasteiger partial charge is 0.148 e. The van der Waals surface area contributed by atoms with Crippen LogP contribution < -0.4 is 0 Å². The van der Waals surface area contributed by atoms with Crippen LogP contribution in [0.3, 0.4) is 0 Å². The summed E-state index contributed by atoms with van der Waals surface area (Å²) in [5.74, 6) is -2.27. The Hall–Kier alpha value is -5.57. The van der Waals surface area contributed by atoms with Crippen molar-refractivity contribution in [2.24, 2.45) is 5.41 Å². The topological polar surface area (TPSA) is 50.9 Å². The van der Waals surface area contributed by atoms with E-state index in [1.165, 1.54) is 22.8 Å². The minimum absolute atomic E-state index is 0. The van der Waals surface area contributed by atoms with Crippen molar-refractivity contribution in [3.63, 3.8) is 0 Å². The van der Waals surface area contributed by atoms with Crippen LogP contribution in [0.25, 0.3) is 72.7 Å². The number of pyridine rings is 1. The van der Waals surface area contributed by atoms with Crippen LogP contribution in [0.1, 0.15) is 174 Å². The average Bonchev–Trinajstić information content (AvgIpc) is 1.08. The Morgan fingerprint density at radius 1 is 0.638 bits per heavy atom. The zero-order chi connectivity index (χ0) is 72.1. The molecule has 360 valence electrons. The molecule has 0 fully saturated rings. The second-order valence-corrected chi connectivity index (χ2v) is 20.4. The number of imidazole rings is 1. The molecule has 5 heteroatoms. The summed E-state index contributed by atoms with van der Waals surface area (Å²) in [6.07, 6.45) is -1.07. The molecule has 0 unspecified atom stereocenters. The first-order valence-electron chi connectivity index (χ1n) is 35.6. The fourth-order valence-electron chi connectivity index (χ4n) is 8.06. The van der Waals surface area contributed by atoms with Gasteiger partial charge in [0.15, 0.2) is 0 Å². The van der Waals surface area contributed by atoms with Crippen LogP contribution in [0.5, 0.6) is 5.75 Å². The van der Waals surface area contributed by atoms with Gasteiger partial charge in [0.25, 0.3) is 0 Å². The van der Waals surface area contributed by atoms with Crippen LogP contribution in [0.15, 0.2) is 127 Å². The molecular weight excluding hydrogens is 1020 g/mol. The number of hydrogen-bond donors (Lipinski definition) is 1. The molecule has 0 saturated carbocycles. The van der Waals surface area contributed by atoms with Crippen molar-refractivity contribution < 1.29 is 63.2 Å². The SMILES string of the molecule is [2H]c1cc(C([2H])([2H])C(C)(C)C)cc([2H])c1-c1c(C([2H])([2H])[2H])cnc(-c2[c-]c(-c3cccc4c3nc(-c3cc(C(C([2H])([2H])[2H])(C([2H])([2H])[2H])C([2H])([2H])[2H])c([2H])c(C(C([2H])([2H])[2H])(C([2H])([2H])[2H])C([2H])([2H])[2H])c3O)n4-c3ccc(C(C)(C)C)cc3-c3ccccc3)cc(C(C)(C)C)c2)c1[2H].[Pt]. The molecule has 8 rings (SSSR count). The minimum Gasteiger partial charge on any atom is -0.507 e. The van der Waals surface area contributed by atoms with Crippen LogP contribution in [0.2, 0.25) is 0 Å². The Morgan fingerprint density at radius 2 is 1.30 bits per heavy atom. The number of benzene rings is 6. The van der Waals surface area contributed by atoms with Crippen LogP contribution in [-0.4, -0.2) is 19.6 Å². The molecule has 2 aromatic heterocycles. The number of nitrogens with zero attached hydrogens (tertiary/aromatic N) is 3. The van der Waals surface area contributed by atoms with Gasteiger partial charge < -0.3 is 5.11 Å². The molecule has 0 radical (unpaired) electrons. The Labute approximate surface area is 465 Å². The summed E-state index contributed by atoms with van der Waals surface area (Å²) in [5, 5.41) is 13.2. The Bertz CT molecular complexity index is 4200. The Morgan fingerprint density at radius 3 is 1.94 bits per heavy atom. The largest absolute Gasteiger partial charge is 0.507 e. The average molecular weight is 1120 g/mol. The van der Waals surface area contributed by atoms with E-state index >= 15 is 0 Å². The van der Waals surface area contributed by atoms with Gasteiger partial charge in [-0.25, -0.2) is 4.98 Å². The van der Waals surface area contributed by atoms with E-state index < -0.39 is 139 Å². The van der Waals surface area contributed by atoms with Crippen molar-refractivity contribution in [2.75, 3.05) is 0 Å². The standard InChI is InChI=1S/C64H72N3O.Pt/c1-40-39-65-54(37-50(40)43-27-25-41(26-28-43)38-60(2,3)4)45-31-44(32-47(33-45)62(8,9)10)49-23-20-24-56-57(49)66-59(52-35-48(63(11,12)13)36-53(58(52)68)64(14,15)16)67(56)55-30-29-46(61(5,6)7)34-51(55)42-21-18-17-19-22-42;/h17-30,32-37,39,68H,38H2,1-16H3;/q-1;/i1D3,11D3,12D3,13D3,14D3,15D3,16D3,27D,28D,36D,37D,38D2;. The van der Waals surface area contributed by atoms with Gasteiger partial charge in [-0.2, -0.15) is 0 Å². The maximum atomic E-state index is 13.2. The summed E-state index contributed by atoms with van der Waals surface area (Å²) >= 11 is 0. The van der Waals surface area contributed by atoms with E-state index in [4.69, 9.17) is 36.5 Å². The number of aromatic hydroxyl groups is 1. The summed E-state index contributed by atoms with van der Waals surface area (Å²) < 4.78 is 242. The van der Waals surface area contributed by atoms with E-state index in [9.17, 15) is 10.6 Å². The number of phenolic OH excluding ortho intramolecular Hbond substituents is 1. The molecule has 0 atom stereocenters. The monoisotopic (exact) mass is 1120 g/mol. The molecule has 69 heavy (non-hydrogen) atoms. The molecule has 6 aromatic carbocycles. The summed E-state index contributed by atoms with van der Waals surface area (Å²) in [6.45, 7) is -12.5. The summed E-state index contributed by atoms with van der Waals surface area (Å²) in [6, 6.07) is 24.8. The van der Waals surface area contributed by atoms with Gasteiger partial charge in [-0.1, -0.05) is 199 Å². The first kappa shape index (κ1) is 26.6. The number of aromatic nitrogens is 3. The number of para-hydroxylation sites is 1. The van der Waals surface area contributed by atoms with Crippen molar-refractivity contribution in [3.8, 4) is 67.5 Å². The van der Waals surface area contributed by atoms with Gasteiger partial charge >= 0.3 is 0 Å². The number of aryl methyl sites for hydroxylation is 1. The van der Waals surface area contributed by atoms with Gasteiger partial charge in [-0.05, 0) is 104 Å². The third-order valence-electron chi connectivity index (χ3n) is 11.6. The van der Waals surface area contributed by atoms with E-state index in [0.29, 0.717) is 22.8 Å². The van der Waals surface area contributed by atoms with Gasteiger partial charge in [0, 0.05) is 75.6 Å². The van der Waals surface area contributed by atoms with Gasteiger partial charge in [-0.3, -0.25) is 9.55 Å². The van der Waals surface area contributed by atoms with Gasteiger partial charge in [0.1, 0.15) is 11.6 Å². The number of hydrogen-bond acceptors (Lipinski definition) is 3. The molecule has 0 aliphatic rings. The molecular formula is C64H72N3OPt-. The molecule has 0 aliphatic heterocycles. The molecule has 8 aromatic rings. The normalized spacial score (nSPS) is 19.9. The van der Waals surface area contributed by atoms with E-state index in [1.54, 1.807) is 87.5 Å². The zero-order valence-corrected chi connectivity index (χ0v) is 42.2. The number of fused-ring (bicyclic) bond motifs is 1. The fraction of sp³-hybridized carbons (Fsp3) is 0.344. The van der Waals surface area contributed by atoms with Crippen LogP contribution in [0.4, 0.5) is 0 Å². The molecule has 0 spiro atoms. The molecule has 0 bridgehead atoms. The van der Waals surface area contributed by atoms with E-state index in [1.807, 2.05) is 47.6 Å². The third-order valence-corrected chi connectivity index (χ3v) is 11.6. The van der Waals surface area contributed by atoms with Crippen molar-refractivity contribution in [1.29, 1.82) is 0 Å². The van der Waals surface area contributed by atoms with Gasteiger partial charge in [0.05, 0.1) is 27.8 Å². The number of phenols is 1. The van der Waals surface area contributed by atoms with E-state index in [0.717, 1.165) is 11.8 Å². The van der Waals surface area contributed by atoms with Gasteiger partial charge in [0.2, 0.25) is 0 Å². The van der Waals surface area contributed by atoms with Crippen LogP contribution in [0, 0.1) is 18.3 Å². The molecule has 4 nitrogen and oxygen atoms in total. The second-order valence-electron chi connectivity index (χ2n) is 20.4. The predicted molar refractivity (Wildman–Crippen MR) is 289 cm³/mol. The Kier molecular flexibility index (Phi) is 7.18. The first-order chi connectivity index (χ1) is 42.8. The van der Waals surface area contributed by atoms with Crippen LogP contribution >= 0.6 is 0 Å². The third kappa shape index (κ3) is 10.8. The number of rotatable bonds is 7. The minimum atomic E-state index is -4.44. The maximum absolute atomic E-state index is 13.2. The molecule has 1 N–H and O–H groups in total. The summed E-state index contributed by atoms with van der Waals surface area (Å²) in [7, 11) is 0. The van der Waals surface area contributed by atoms with E-state index in [2.05, 4.69) is 11.1 Å². The molecule has 2 heterocycles. The van der Waals surface area contributed by atoms with Gasteiger partial charge in [-0.15, -0.1) is 29.3 Å². The van der Waals surface area contributed by atoms with E-state index in [-0.39, 0.29) is 76.9 Å². The summed E-state index contributed by atoms with van der Waals surface area (Å²) in [5.41, 5.74) is -14.2. The molecule has 0 saturated heterocycles. The first-order valence-corrected chi connectivity index (χ1v) is 22.1. The maximum Gasteiger partial charge on any atom is 0.148 e. The fourth-order valence-corrected chi connectivity index (χ4v) is 8.06. The zero-order valence-electron chi connectivity index (χ0n) is 66.9. The summed E-state index contributed by atoms with van der Waals surface area (Å²) in [4.78, 5) is 9.65. The predicted octanol–water partition coefficient (Wildman–Crippen LogP) is 17.3. The van der Waals surface area contributed by atoms with Crippen molar-refractivity contribution in [3.05, 3.63) is 167 Å². The van der Waals surface area contributed by atoms with Crippen LogP contribution in [-0.2, 0) is 49.1 Å². The molecule has 0 aliphatic carbocycles. The molecule has 0 amide bonds. The Balaban J connectivity index is 0.0000130. The van der Waals surface area contributed by atoms with Crippen molar-refractivity contribution in [2.45, 2.75) is 138 Å². The quantitative estimate of drug-likeness (QED) is 0.162. The second kappa shape index (κ2) is 18.6. The van der Waals surface area contributed by atoms with Crippen molar-refractivity contribution >= 4 is 11.0 Å².